The zero-order chi connectivity index (χ0) is 16.7. The number of fused-ring (bicyclic) bond motifs is 1. The van der Waals surface area contributed by atoms with Crippen LogP contribution in [0.1, 0.15) is 36.3 Å². The van der Waals surface area contributed by atoms with Crippen molar-refractivity contribution in [1.29, 1.82) is 0 Å². The number of ketones is 1. The topological polar surface area (TPSA) is 87.7 Å². The molecule has 0 fully saturated rings. The number of rotatable bonds is 2. The van der Waals surface area contributed by atoms with Gasteiger partial charge in [-0.2, -0.15) is 0 Å². The number of hydrogen-bond donors (Lipinski definition) is 2. The Bertz CT molecular complexity index is 905. The van der Waals surface area contributed by atoms with E-state index in [1.54, 1.807) is 12.4 Å². The molecule has 0 bridgehead atoms. The van der Waals surface area contributed by atoms with Crippen LogP contribution in [0.25, 0.3) is 0 Å². The van der Waals surface area contributed by atoms with Crippen LogP contribution in [-0.2, 0) is 4.79 Å². The Morgan fingerprint density at radius 3 is 2.92 bits per heavy atom. The highest BCUT2D eigenvalue weighted by Crippen LogP contribution is 2.43. The Kier molecular flexibility index (Phi) is 3.72. The molecule has 0 saturated heterocycles. The van der Waals surface area contributed by atoms with E-state index < -0.39 is 5.92 Å². The Morgan fingerprint density at radius 2 is 2.17 bits per heavy atom. The maximum absolute atomic E-state index is 12.7. The van der Waals surface area contributed by atoms with Crippen LogP contribution < -0.4 is 10.9 Å². The summed E-state index contributed by atoms with van der Waals surface area (Å²) in [5.41, 5.74) is 2.70. The number of H-pyrrole nitrogens is 1. The summed E-state index contributed by atoms with van der Waals surface area (Å²) in [6.07, 6.45) is 7.39. The lowest BCUT2D eigenvalue weighted by Gasteiger charge is -2.32. The number of thioether (sulfide) groups is 1. The lowest BCUT2D eigenvalue weighted by atomic mass is 9.77. The van der Waals surface area contributed by atoms with Gasteiger partial charge in [-0.15, -0.1) is 0 Å². The molecule has 2 aromatic rings. The maximum atomic E-state index is 12.7. The quantitative estimate of drug-likeness (QED) is 0.645. The fourth-order valence-electron chi connectivity index (χ4n) is 3.42. The molecule has 1 aliphatic heterocycles. The van der Waals surface area contributed by atoms with Crippen LogP contribution >= 0.6 is 11.8 Å². The first-order valence-corrected chi connectivity index (χ1v) is 9.03. The third-order valence-electron chi connectivity index (χ3n) is 4.45. The maximum Gasteiger partial charge on any atom is 0.257 e. The van der Waals surface area contributed by atoms with Crippen molar-refractivity contribution in [3.05, 3.63) is 57.3 Å². The molecule has 0 saturated carbocycles. The third kappa shape index (κ3) is 2.36. The van der Waals surface area contributed by atoms with Crippen molar-refractivity contribution < 1.29 is 4.79 Å². The number of aromatic amines is 1. The van der Waals surface area contributed by atoms with E-state index in [1.165, 1.54) is 11.8 Å². The van der Waals surface area contributed by atoms with Crippen LogP contribution in [0.3, 0.4) is 0 Å². The van der Waals surface area contributed by atoms with E-state index in [0.717, 1.165) is 24.1 Å². The highest BCUT2D eigenvalue weighted by molar-refractivity contribution is 7.98. The summed E-state index contributed by atoms with van der Waals surface area (Å²) >= 11 is 1.38. The van der Waals surface area contributed by atoms with Gasteiger partial charge in [0.15, 0.2) is 10.9 Å². The van der Waals surface area contributed by atoms with Crippen LogP contribution in [0.5, 0.6) is 0 Å². The minimum Gasteiger partial charge on any atom is -0.343 e. The number of nitrogens with zero attached hydrogens (tertiary/aromatic N) is 2. The Morgan fingerprint density at radius 1 is 1.29 bits per heavy atom. The van der Waals surface area contributed by atoms with Crippen molar-refractivity contribution >= 4 is 23.4 Å². The SMILES string of the molecule is CSc1nc2c(c(=O)[nH]1)[C@@H](c1cccnc1)C1=C(CCCC1=O)N2. The van der Waals surface area contributed by atoms with Crippen molar-refractivity contribution in [2.45, 2.75) is 30.3 Å². The van der Waals surface area contributed by atoms with Crippen molar-refractivity contribution in [3.63, 3.8) is 0 Å². The second-order valence-electron chi connectivity index (χ2n) is 5.85. The van der Waals surface area contributed by atoms with Gasteiger partial charge in [-0.1, -0.05) is 17.8 Å². The first kappa shape index (κ1) is 15.1. The molecule has 7 heteroatoms. The molecule has 2 aromatic heterocycles. The van der Waals surface area contributed by atoms with Gasteiger partial charge in [0.1, 0.15) is 5.82 Å². The van der Waals surface area contributed by atoms with Crippen molar-refractivity contribution in [1.82, 2.24) is 15.0 Å². The minimum atomic E-state index is -0.412. The molecular formula is C17H16N4O2S. The van der Waals surface area contributed by atoms with E-state index in [4.69, 9.17) is 0 Å². The molecule has 0 aromatic carbocycles. The minimum absolute atomic E-state index is 0.0941. The third-order valence-corrected chi connectivity index (χ3v) is 5.03. The van der Waals surface area contributed by atoms with E-state index in [0.29, 0.717) is 28.5 Å². The summed E-state index contributed by atoms with van der Waals surface area (Å²) < 4.78 is 0. The number of pyridine rings is 1. The summed E-state index contributed by atoms with van der Waals surface area (Å²) in [6.45, 7) is 0. The zero-order valence-electron chi connectivity index (χ0n) is 13.1. The van der Waals surface area contributed by atoms with E-state index in [1.807, 2.05) is 18.4 Å². The van der Waals surface area contributed by atoms with Gasteiger partial charge in [-0.05, 0) is 30.7 Å². The van der Waals surface area contributed by atoms with Gasteiger partial charge in [-0.3, -0.25) is 14.6 Å². The van der Waals surface area contributed by atoms with Crippen LogP contribution in [-0.4, -0.2) is 27.0 Å². The molecule has 6 nitrogen and oxygen atoms in total. The predicted octanol–water partition coefficient (Wildman–Crippen LogP) is 2.45. The van der Waals surface area contributed by atoms with Gasteiger partial charge >= 0.3 is 0 Å². The second-order valence-corrected chi connectivity index (χ2v) is 6.65. The van der Waals surface area contributed by atoms with Gasteiger partial charge in [0.25, 0.3) is 5.56 Å². The average molecular weight is 340 g/mol. The zero-order valence-corrected chi connectivity index (χ0v) is 13.9. The van der Waals surface area contributed by atoms with Crippen molar-refractivity contribution in [2.75, 3.05) is 11.6 Å². The average Bonchev–Trinajstić information content (AvgIpc) is 2.60. The number of allylic oxidation sites excluding steroid dienone is 2. The number of Topliss-reactive ketones (excluding diaryl/α,β-unsaturated/α-hetero) is 1. The summed E-state index contributed by atoms with van der Waals surface area (Å²) in [4.78, 5) is 36.8. The van der Waals surface area contributed by atoms with Gasteiger partial charge in [0.2, 0.25) is 0 Å². The summed E-state index contributed by atoms with van der Waals surface area (Å²) in [7, 11) is 0. The Hall–Kier alpha value is -2.41. The van der Waals surface area contributed by atoms with E-state index in [2.05, 4.69) is 20.3 Å². The van der Waals surface area contributed by atoms with Crippen LogP contribution in [0.2, 0.25) is 0 Å². The molecule has 1 atom stereocenters. The highest BCUT2D eigenvalue weighted by Gasteiger charge is 2.37. The Labute approximate surface area is 142 Å². The number of carbonyl (C=O) groups is 1. The fourth-order valence-corrected chi connectivity index (χ4v) is 3.79. The smallest absolute Gasteiger partial charge is 0.257 e. The largest absolute Gasteiger partial charge is 0.343 e. The molecule has 4 rings (SSSR count). The number of hydrogen-bond acceptors (Lipinski definition) is 6. The molecule has 24 heavy (non-hydrogen) atoms. The fraction of sp³-hybridized carbons (Fsp3) is 0.294. The second kappa shape index (κ2) is 5.90. The molecule has 1 aliphatic carbocycles. The lowest BCUT2D eigenvalue weighted by Crippen LogP contribution is -2.32. The van der Waals surface area contributed by atoms with Gasteiger partial charge in [0, 0.05) is 36.0 Å². The standard InChI is InChI=1S/C17H16N4O2S/c1-24-17-20-15-14(16(23)21-17)12(9-4-3-7-18-8-9)13-10(19-15)5-2-6-11(13)22/h3-4,7-8,12H,2,5-6H2,1H3,(H2,19,20,21,23)/t12-/m0/s1. The van der Waals surface area contributed by atoms with Crippen LogP contribution in [0, 0.1) is 0 Å². The molecular weight excluding hydrogens is 324 g/mol. The molecule has 0 spiro atoms. The van der Waals surface area contributed by atoms with E-state index in [-0.39, 0.29) is 11.3 Å². The summed E-state index contributed by atoms with van der Waals surface area (Å²) in [5.74, 6) is 0.229. The molecule has 3 heterocycles. The molecule has 2 aliphatic rings. The molecule has 0 amide bonds. The number of carbonyl (C=O) groups excluding carboxylic acids is 1. The molecule has 0 radical (unpaired) electrons. The van der Waals surface area contributed by atoms with Gasteiger partial charge in [-0.25, -0.2) is 4.98 Å². The molecule has 0 unspecified atom stereocenters. The normalized spacial score (nSPS) is 19.5. The summed E-state index contributed by atoms with van der Waals surface area (Å²) in [6, 6.07) is 3.73. The van der Waals surface area contributed by atoms with E-state index >= 15 is 0 Å². The molecule has 2 N–H and O–H groups in total. The van der Waals surface area contributed by atoms with Crippen molar-refractivity contribution in [3.8, 4) is 0 Å². The predicted molar refractivity (Wildman–Crippen MR) is 92.2 cm³/mol. The molecule has 122 valence electrons. The first-order chi connectivity index (χ1) is 11.7. The van der Waals surface area contributed by atoms with Crippen LogP contribution in [0.15, 0.2) is 45.7 Å². The monoisotopic (exact) mass is 340 g/mol. The van der Waals surface area contributed by atoms with Crippen LogP contribution in [0.4, 0.5) is 5.82 Å². The number of nitrogens with one attached hydrogen (secondary N) is 2. The number of anilines is 1. The van der Waals surface area contributed by atoms with Gasteiger partial charge < -0.3 is 10.3 Å². The first-order valence-electron chi connectivity index (χ1n) is 7.80. The lowest BCUT2D eigenvalue weighted by molar-refractivity contribution is -0.116. The van der Waals surface area contributed by atoms with Crippen molar-refractivity contribution in [2.24, 2.45) is 0 Å². The number of aromatic nitrogens is 3. The summed E-state index contributed by atoms with van der Waals surface area (Å²) in [5, 5.41) is 3.80. The van der Waals surface area contributed by atoms with E-state index in [9.17, 15) is 9.59 Å². The Balaban J connectivity index is 1.99. The highest BCUT2D eigenvalue weighted by atomic mass is 32.2. The van der Waals surface area contributed by atoms with Gasteiger partial charge in [0.05, 0.1) is 5.56 Å².